The Morgan fingerprint density at radius 3 is 2.65 bits per heavy atom. The summed E-state index contributed by atoms with van der Waals surface area (Å²) in [6.45, 7) is 8.41. The number of aryl methyl sites for hydroxylation is 1. The van der Waals surface area contributed by atoms with Gasteiger partial charge in [0.2, 0.25) is 11.8 Å². The van der Waals surface area contributed by atoms with E-state index in [1.54, 1.807) is 0 Å². The Bertz CT molecular complexity index is 577. The third-order valence-electron chi connectivity index (χ3n) is 3.93. The van der Waals surface area contributed by atoms with E-state index in [2.05, 4.69) is 25.8 Å². The predicted octanol–water partition coefficient (Wildman–Crippen LogP) is -0.0357. The zero-order valence-corrected chi connectivity index (χ0v) is 14.4. The number of hydrogen-bond donors (Lipinski definition) is 3. The molecule has 1 saturated heterocycles. The number of carbonyl (C=O) groups is 2. The normalized spacial score (nSPS) is 22.1. The van der Waals surface area contributed by atoms with Crippen molar-refractivity contribution in [3.63, 3.8) is 0 Å². The lowest BCUT2D eigenvalue weighted by molar-refractivity contribution is -0.129. The molecule has 0 bridgehead atoms. The first-order valence-corrected chi connectivity index (χ1v) is 7.83. The van der Waals surface area contributed by atoms with Gasteiger partial charge in [-0.15, -0.1) is 0 Å². The van der Waals surface area contributed by atoms with Crippen molar-refractivity contribution in [3.8, 4) is 0 Å². The SMILES string of the molecule is Cc1nc(CNC(=O)[C@@H]2C[C@H](NC(=O)C(C)(C)C)CN2C)n[nH]1. The molecule has 3 N–H and O–H groups in total. The summed E-state index contributed by atoms with van der Waals surface area (Å²) in [5.41, 5.74) is -0.428. The molecule has 2 amide bonds. The number of aromatic nitrogens is 3. The fraction of sp³-hybridized carbons (Fsp3) is 0.733. The molecule has 0 unspecified atom stereocenters. The highest BCUT2D eigenvalue weighted by atomic mass is 16.2. The van der Waals surface area contributed by atoms with Gasteiger partial charge in [0, 0.05) is 18.0 Å². The zero-order valence-electron chi connectivity index (χ0n) is 14.4. The van der Waals surface area contributed by atoms with Gasteiger partial charge in [-0.25, -0.2) is 4.98 Å². The molecule has 1 aliphatic heterocycles. The standard InChI is InChI=1S/C15H26N6O2/c1-9-17-12(20-19-9)7-16-13(22)11-6-10(8-21(11)5)18-14(23)15(2,3)4/h10-11H,6-8H2,1-5H3,(H,16,22)(H,18,23)(H,17,19,20)/t10-,11-/m0/s1. The number of carbonyl (C=O) groups excluding carboxylic acids is 2. The lowest BCUT2D eigenvalue weighted by Crippen LogP contribution is -2.42. The molecule has 2 rings (SSSR count). The van der Waals surface area contributed by atoms with E-state index in [1.807, 2.05) is 39.6 Å². The summed E-state index contributed by atoms with van der Waals surface area (Å²) in [6, 6.07) is -0.256. The van der Waals surface area contributed by atoms with Crippen molar-refractivity contribution in [2.45, 2.75) is 52.7 Å². The van der Waals surface area contributed by atoms with E-state index >= 15 is 0 Å². The predicted molar refractivity (Wildman–Crippen MR) is 85.4 cm³/mol. The first-order chi connectivity index (χ1) is 10.7. The Labute approximate surface area is 136 Å². The van der Waals surface area contributed by atoms with E-state index in [4.69, 9.17) is 0 Å². The van der Waals surface area contributed by atoms with Gasteiger partial charge in [-0.2, -0.15) is 5.10 Å². The van der Waals surface area contributed by atoms with Crippen molar-refractivity contribution >= 4 is 11.8 Å². The van der Waals surface area contributed by atoms with E-state index in [9.17, 15) is 9.59 Å². The van der Waals surface area contributed by atoms with E-state index in [0.29, 0.717) is 25.3 Å². The molecule has 8 nitrogen and oxygen atoms in total. The quantitative estimate of drug-likeness (QED) is 0.722. The Balaban J connectivity index is 1.85. The van der Waals surface area contributed by atoms with Gasteiger partial charge in [-0.05, 0) is 20.4 Å². The minimum Gasteiger partial charge on any atom is -0.352 e. The highest BCUT2D eigenvalue weighted by molar-refractivity contribution is 5.83. The molecule has 2 heterocycles. The number of rotatable bonds is 4. The number of hydrogen-bond acceptors (Lipinski definition) is 5. The van der Waals surface area contributed by atoms with E-state index in [0.717, 1.165) is 5.82 Å². The van der Waals surface area contributed by atoms with Crippen molar-refractivity contribution in [2.24, 2.45) is 5.41 Å². The van der Waals surface area contributed by atoms with Crippen molar-refractivity contribution in [2.75, 3.05) is 13.6 Å². The minimum atomic E-state index is -0.428. The average Bonchev–Trinajstić information content (AvgIpc) is 3.01. The highest BCUT2D eigenvalue weighted by Gasteiger charge is 2.36. The van der Waals surface area contributed by atoms with Crippen LogP contribution in [0.2, 0.25) is 0 Å². The molecule has 2 atom stereocenters. The second-order valence-corrected chi connectivity index (χ2v) is 7.17. The summed E-state index contributed by atoms with van der Waals surface area (Å²) >= 11 is 0. The van der Waals surface area contributed by atoms with Crippen LogP contribution in [0.15, 0.2) is 0 Å². The van der Waals surface area contributed by atoms with Crippen LogP contribution in [-0.4, -0.2) is 57.6 Å². The zero-order chi connectivity index (χ0) is 17.2. The molecule has 1 aromatic heterocycles. The van der Waals surface area contributed by atoms with Crippen LogP contribution in [0.3, 0.4) is 0 Å². The first-order valence-electron chi connectivity index (χ1n) is 7.83. The van der Waals surface area contributed by atoms with Crippen molar-refractivity contribution in [3.05, 3.63) is 11.6 Å². The van der Waals surface area contributed by atoms with Crippen molar-refractivity contribution in [1.29, 1.82) is 0 Å². The number of H-pyrrole nitrogens is 1. The lowest BCUT2D eigenvalue weighted by Gasteiger charge is -2.21. The van der Waals surface area contributed by atoms with Gasteiger partial charge in [0.25, 0.3) is 0 Å². The number of nitrogens with one attached hydrogen (secondary N) is 3. The summed E-state index contributed by atoms with van der Waals surface area (Å²) in [6.07, 6.45) is 0.608. The molecule has 23 heavy (non-hydrogen) atoms. The smallest absolute Gasteiger partial charge is 0.237 e. The van der Waals surface area contributed by atoms with E-state index in [-0.39, 0.29) is 23.9 Å². The molecule has 128 valence electrons. The van der Waals surface area contributed by atoms with Crippen LogP contribution in [0.25, 0.3) is 0 Å². The number of likely N-dealkylation sites (tertiary alicyclic amines) is 1. The number of amides is 2. The van der Waals surface area contributed by atoms with Crippen LogP contribution in [0.1, 0.15) is 38.8 Å². The molecule has 1 fully saturated rings. The van der Waals surface area contributed by atoms with Gasteiger partial charge in [0.1, 0.15) is 5.82 Å². The maximum atomic E-state index is 12.3. The maximum Gasteiger partial charge on any atom is 0.237 e. The molecule has 0 aliphatic carbocycles. The molecule has 0 spiro atoms. The highest BCUT2D eigenvalue weighted by Crippen LogP contribution is 2.19. The van der Waals surface area contributed by atoms with Crippen molar-refractivity contribution in [1.82, 2.24) is 30.7 Å². The fourth-order valence-electron chi connectivity index (χ4n) is 2.56. The van der Waals surface area contributed by atoms with Gasteiger partial charge in [0.05, 0.1) is 12.6 Å². The van der Waals surface area contributed by atoms with Crippen LogP contribution >= 0.6 is 0 Å². The molecular weight excluding hydrogens is 296 g/mol. The number of aromatic amines is 1. The number of likely N-dealkylation sites (N-methyl/N-ethyl adjacent to an activating group) is 1. The monoisotopic (exact) mass is 322 g/mol. The Morgan fingerprint density at radius 2 is 2.09 bits per heavy atom. The van der Waals surface area contributed by atoms with Crippen LogP contribution in [0, 0.1) is 12.3 Å². The fourth-order valence-corrected chi connectivity index (χ4v) is 2.56. The topological polar surface area (TPSA) is 103 Å². The van der Waals surface area contributed by atoms with Gasteiger partial charge in [0.15, 0.2) is 5.82 Å². The third-order valence-corrected chi connectivity index (χ3v) is 3.93. The molecule has 0 saturated carbocycles. The average molecular weight is 322 g/mol. The van der Waals surface area contributed by atoms with Gasteiger partial charge >= 0.3 is 0 Å². The molecule has 1 aromatic rings. The second-order valence-electron chi connectivity index (χ2n) is 7.17. The minimum absolute atomic E-state index is 0.00627. The summed E-state index contributed by atoms with van der Waals surface area (Å²) in [4.78, 5) is 30.5. The van der Waals surface area contributed by atoms with Crippen LogP contribution in [0.5, 0.6) is 0 Å². The molecule has 1 aliphatic rings. The summed E-state index contributed by atoms with van der Waals surface area (Å²) in [7, 11) is 1.89. The van der Waals surface area contributed by atoms with Gasteiger partial charge in [-0.1, -0.05) is 20.8 Å². The third kappa shape index (κ3) is 4.51. The van der Waals surface area contributed by atoms with Crippen molar-refractivity contribution < 1.29 is 9.59 Å². The first kappa shape index (κ1) is 17.4. The Kier molecular flexibility index (Phi) is 5.03. The Morgan fingerprint density at radius 1 is 1.39 bits per heavy atom. The van der Waals surface area contributed by atoms with Gasteiger partial charge in [-0.3, -0.25) is 19.6 Å². The molecule has 0 aromatic carbocycles. The van der Waals surface area contributed by atoms with E-state index < -0.39 is 5.41 Å². The summed E-state index contributed by atoms with van der Waals surface area (Å²) in [5, 5.41) is 12.6. The Hall–Kier alpha value is -1.96. The number of nitrogens with zero attached hydrogens (tertiary/aromatic N) is 3. The summed E-state index contributed by atoms with van der Waals surface area (Å²) < 4.78 is 0. The van der Waals surface area contributed by atoms with E-state index in [1.165, 1.54) is 0 Å². The largest absolute Gasteiger partial charge is 0.352 e. The lowest BCUT2D eigenvalue weighted by atomic mass is 9.95. The van der Waals surface area contributed by atoms with Crippen LogP contribution in [-0.2, 0) is 16.1 Å². The maximum absolute atomic E-state index is 12.3. The summed E-state index contributed by atoms with van der Waals surface area (Å²) in [5.74, 6) is 1.22. The molecular formula is C15H26N6O2. The van der Waals surface area contributed by atoms with Crippen LogP contribution in [0.4, 0.5) is 0 Å². The molecule has 8 heteroatoms. The molecule has 0 radical (unpaired) electrons. The second kappa shape index (κ2) is 6.66. The van der Waals surface area contributed by atoms with Gasteiger partial charge < -0.3 is 10.6 Å². The van der Waals surface area contributed by atoms with Crippen LogP contribution < -0.4 is 10.6 Å².